The van der Waals surface area contributed by atoms with Gasteiger partial charge in [-0.3, -0.25) is 0 Å². The fourth-order valence-electron chi connectivity index (χ4n) is 3.78. The van der Waals surface area contributed by atoms with Crippen LogP contribution in [-0.4, -0.2) is 36.9 Å². The quantitative estimate of drug-likeness (QED) is 0.768. The molecule has 2 heterocycles. The second-order valence-electron chi connectivity index (χ2n) is 7.25. The van der Waals surface area contributed by atoms with Gasteiger partial charge >= 0.3 is 5.97 Å². The van der Waals surface area contributed by atoms with Gasteiger partial charge in [0.25, 0.3) is 10.0 Å². The van der Waals surface area contributed by atoms with E-state index in [-0.39, 0.29) is 28.8 Å². The Balaban J connectivity index is 1.44. The van der Waals surface area contributed by atoms with Crippen LogP contribution in [0.25, 0.3) is 0 Å². The minimum atomic E-state index is -3.64. The summed E-state index contributed by atoms with van der Waals surface area (Å²) in [5.74, 6) is -0.516. The summed E-state index contributed by atoms with van der Waals surface area (Å²) in [5, 5.41) is 10.0. The minimum Gasteiger partial charge on any atom is -0.507 e. The predicted molar refractivity (Wildman–Crippen MR) is 101 cm³/mol. The van der Waals surface area contributed by atoms with Crippen molar-refractivity contribution in [2.45, 2.75) is 50.2 Å². The smallest absolute Gasteiger partial charge is 0.342 e. The van der Waals surface area contributed by atoms with Gasteiger partial charge in [0.1, 0.15) is 23.7 Å². The Morgan fingerprint density at radius 1 is 1.07 bits per heavy atom. The van der Waals surface area contributed by atoms with Gasteiger partial charge in [-0.1, -0.05) is 0 Å². The number of esters is 1. The monoisotopic (exact) mass is 405 g/mol. The summed E-state index contributed by atoms with van der Waals surface area (Å²) in [6.07, 6.45) is 5.61. The number of phenols is 1. The van der Waals surface area contributed by atoms with Crippen molar-refractivity contribution < 1.29 is 27.5 Å². The lowest BCUT2D eigenvalue weighted by molar-refractivity contribution is 0.0437. The second-order valence-corrected chi connectivity index (χ2v) is 9.12. The number of rotatable bonds is 5. The van der Waals surface area contributed by atoms with Gasteiger partial charge in [-0.15, -0.1) is 0 Å². The SMILES string of the molecule is O=C(OCc1ccc(S(=O)(=O)N2CCCC2)o1)c1cc2c(cc1O)CCCC2. The van der Waals surface area contributed by atoms with E-state index in [1.807, 2.05) is 0 Å². The highest BCUT2D eigenvalue weighted by Gasteiger charge is 2.30. The zero-order valence-electron chi connectivity index (χ0n) is 15.5. The van der Waals surface area contributed by atoms with E-state index < -0.39 is 16.0 Å². The Labute approximate surface area is 164 Å². The number of carbonyl (C=O) groups excluding carboxylic acids is 1. The van der Waals surface area contributed by atoms with Crippen molar-refractivity contribution in [1.82, 2.24) is 4.31 Å². The molecule has 2 aromatic rings. The van der Waals surface area contributed by atoms with Gasteiger partial charge in [0.2, 0.25) is 5.09 Å². The molecule has 0 amide bonds. The number of hydrogen-bond donors (Lipinski definition) is 1. The van der Waals surface area contributed by atoms with E-state index in [0.29, 0.717) is 13.1 Å². The molecule has 1 aliphatic carbocycles. The number of fused-ring (bicyclic) bond motifs is 1. The fraction of sp³-hybridized carbons (Fsp3) is 0.450. The van der Waals surface area contributed by atoms with E-state index in [4.69, 9.17) is 9.15 Å². The zero-order chi connectivity index (χ0) is 19.7. The summed E-state index contributed by atoms with van der Waals surface area (Å²) in [6, 6.07) is 6.20. The standard InChI is InChI=1S/C20H23NO6S/c22-18-12-15-6-2-1-5-14(15)11-17(18)20(23)26-13-16-7-8-19(27-16)28(24,25)21-9-3-4-10-21/h7-8,11-12,22H,1-6,9-10,13H2. The Morgan fingerprint density at radius 3 is 2.46 bits per heavy atom. The van der Waals surface area contributed by atoms with Crippen molar-refractivity contribution in [2.24, 2.45) is 0 Å². The largest absolute Gasteiger partial charge is 0.507 e. The molecule has 7 nitrogen and oxygen atoms in total. The van der Waals surface area contributed by atoms with Crippen LogP contribution in [0.3, 0.4) is 0 Å². The average Bonchev–Trinajstić information content (AvgIpc) is 3.38. The molecule has 0 bridgehead atoms. The molecule has 0 atom stereocenters. The number of aromatic hydroxyl groups is 1. The third-order valence-electron chi connectivity index (χ3n) is 5.32. The van der Waals surface area contributed by atoms with Crippen LogP contribution in [0.15, 0.2) is 33.8 Å². The normalized spacial score (nSPS) is 17.4. The maximum absolute atomic E-state index is 12.5. The van der Waals surface area contributed by atoms with Gasteiger partial charge in [-0.2, -0.15) is 4.31 Å². The lowest BCUT2D eigenvalue weighted by atomic mass is 9.90. The molecule has 1 aromatic carbocycles. The van der Waals surface area contributed by atoms with Crippen LogP contribution >= 0.6 is 0 Å². The van der Waals surface area contributed by atoms with Gasteiger partial charge in [-0.05, 0) is 73.9 Å². The number of carbonyl (C=O) groups is 1. The number of phenolic OH excluding ortho intramolecular Hbond substituents is 1. The number of hydrogen-bond acceptors (Lipinski definition) is 6. The molecule has 1 aromatic heterocycles. The maximum Gasteiger partial charge on any atom is 0.342 e. The first-order chi connectivity index (χ1) is 13.4. The van der Waals surface area contributed by atoms with E-state index >= 15 is 0 Å². The van der Waals surface area contributed by atoms with Crippen molar-refractivity contribution >= 4 is 16.0 Å². The summed E-state index contributed by atoms with van der Waals surface area (Å²) < 4.78 is 37.0. The van der Waals surface area contributed by atoms with Crippen molar-refractivity contribution in [3.63, 3.8) is 0 Å². The van der Waals surface area contributed by atoms with E-state index in [1.54, 1.807) is 12.1 Å². The van der Waals surface area contributed by atoms with Crippen LogP contribution in [0.2, 0.25) is 0 Å². The molecule has 0 radical (unpaired) electrons. The molecular weight excluding hydrogens is 382 g/mol. The topological polar surface area (TPSA) is 97.1 Å². The first-order valence-corrected chi connectivity index (χ1v) is 11.0. The van der Waals surface area contributed by atoms with Crippen LogP contribution < -0.4 is 0 Å². The van der Waals surface area contributed by atoms with Crippen LogP contribution in [-0.2, 0) is 34.2 Å². The molecule has 0 unspecified atom stereocenters. The highest BCUT2D eigenvalue weighted by molar-refractivity contribution is 7.89. The highest BCUT2D eigenvalue weighted by atomic mass is 32.2. The van der Waals surface area contributed by atoms with E-state index in [1.165, 1.54) is 16.4 Å². The van der Waals surface area contributed by atoms with Gasteiger partial charge in [0, 0.05) is 13.1 Å². The third kappa shape index (κ3) is 3.66. The molecular formula is C20H23NO6S. The molecule has 1 N–H and O–H groups in total. The molecule has 28 heavy (non-hydrogen) atoms. The van der Waals surface area contributed by atoms with Gasteiger partial charge < -0.3 is 14.3 Å². The third-order valence-corrected chi connectivity index (χ3v) is 7.09. The summed E-state index contributed by atoms with van der Waals surface area (Å²) in [4.78, 5) is 12.4. The van der Waals surface area contributed by atoms with Crippen molar-refractivity contribution in [3.8, 4) is 5.75 Å². The van der Waals surface area contributed by atoms with Gasteiger partial charge in [0.15, 0.2) is 0 Å². The van der Waals surface area contributed by atoms with Crippen LogP contribution in [0.5, 0.6) is 5.75 Å². The van der Waals surface area contributed by atoms with E-state index in [9.17, 15) is 18.3 Å². The van der Waals surface area contributed by atoms with E-state index in [2.05, 4.69) is 0 Å². The number of sulfonamides is 1. The predicted octanol–water partition coefficient (Wildman–Crippen LogP) is 3.01. The lowest BCUT2D eigenvalue weighted by Crippen LogP contribution is -2.27. The van der Waals surface area contributed by atoms with Crippen molar-refractivity contribution in [1.29, 1.82) is 0 Å². The molecule has 2 aliphatic rings. The molecule has 1 aliphatic heterocycles. The summed E-state index contributed by atoms with van der Waals surface area (Å²) in [5.41, 5.74) is 2.26. The first kappa shape index (κ1) is 19.0. The second kappa shape index (κ2) is 7.60. The molecule has 4 rings (SSSR count). The number of ether oxygens (including phenoxy) is 1. The van der Waals surface area contributed by atoms with Crippen LogP contribution in [0, 0.1) is 0 Å². The molecule has 0 spiro atoms. The summed E-state index contributed by atoms with van der Waals surface area (Å²) in [6.45, 7) is 0.779. The Morgan fingerprint density at radius 2 is 1.75 bits per heavy atom. The molecule has 1 fully saturated rings. The van der Waals surface area contributed by atoms with Gasteiger partial charge in [-0.25, -0.2) is 13.2 Å². The minimum absolute atomic E-state index is 0.0950. The summed E-state index contributed by atoms with van der Waals surface area (Å²) in [7, 11) is -3.64. The van der Waals surface area contributed by atoms with Crippen LogP contribution in [0.4, 0.5) is 0 Å². The number of nitrogens with zero attached hydrogens (tertiary/aromatic N) is 1. The molecule has 0 saturated carbocycles. The van der Waals surface area contributed by atoms with E-state index in [0.717, 1.165) is 49.7 Å². The van der Waals surface area contributed by atoms with Crippen molar-refractivity contribution in [2.75, 3.05) is 13.1 Å². The number of benzene rings is 1. The van der Waals surface area contributed by atoms with Gasteiger partial charge in [0.05, 0.1) is 0 Å². The lowest BCUT2D eigenvalue weighted by Gasteiger charge is -2.17. The van der Waals surface area contributed by atoms with Crippen LogP contribution in [0.1, 0.15) is 52.9 Å². The van der Waals surface area contributed by atoms with Crippen molar-refractivity contribution in [3.05, 3.63) is 46.7 Å². The Bertz CT molecular complexity index is 988. The Kier molecular flexibility index (Phi) is 5.16. The first-order valence-electron chi connectivity index (χ1n) is 9.56. The highest BCUT2D eigenvalue weighted by Crippen LogP contribution is 2.29. The molecule has 150 valence electrons. The Hall–Kier alpha value is -2.32. The molecule has 1 saturated heterocycles. The zero-order valence-corrected chi connectivity index (χ0v) is 16.3. The summed E-state index contributed by atoms with van der Waals surface area (Å²) >= 11 is 0. The number of aryl methyl sites for hydroxylation is 2. The maximum atomic E-state index is 12.5. The molecule has 8 heteroatoms. The fourth-order valence-corrected chi connectivity index (χ4v) is 5.23. The number of furan rings is 1. The average molecular weight is 405 g/mol.